The zero-order valence-corrected chi connectivity index (χ0v) is 10.9. The molecule has 0 spiro atoms. The van der Waals surface area contributed by atoms with E-state index in [-0.39, 0.29) is 17.2 Å². The number of carbonyl (C=O) groups excluding carboxylic acids is 1. The van der Waals surface area contributed by atoms with Gasteiger partial charge in [0.25, 0.3) is 5.91 Å². The van der Waals surface area contributed by atoms with E-state index < -0.39 is 5.97 Å². The Morgan fingerprint density at radius 1 is 1.32 bits per heavy atom. The Hall–Kier alpha value is -2.34. The fraction of sp³-hybridized carbons (Fsp3) is 0.0769. The molecule has 2 N–H and O–H groups in total. The second-order valence-electron chi connectivity index (χ2n) is 3.69. The highest BCUT2D eigenvalue weighted by Crippen LogP contribution is 2.23. The van der Waals surface area contributed by atoms with E-state index in [0.29, 0.717) is 11.3 Å². The summed E-state index contributed by atoms with van der Waals surface area (Å²) in [6.45, 7) is 0. The van der Waals surface area contributed by atoms with Crippen molar-refractivity contribution < 1.29 is 19.4 Å². The standard InChI is InChI=1S/C13H11NO4S/c1-18-11-6-9(2-3-10(11)13(16)17)14-12(15)8-4-5-19-7-8/h2-7H,1H3,(H,14,15)(H,16,17). The third-order valence-corrected chi connectivity index (χ3v) is 3.16. The van der Waals surface area contributed by atoms with Crippen LogP contribution in [0.2, 0.25) is 0 Å². The van der Waals surface area contributed by atoms with Crippen LogP contribution in [0.1, 0.15) is 20.7 Å². The number of thiophene rings is 1. The molecule has 0 aliphatic heterocycles. The zero-order valence-electron chi connectivity index (χ0n) is 10.0. The number of carboxylic acids is 1. The molecular formula is C13H11NO4S. The molecule has 5 nitrogen and oxygen atoms in total. The van der Waals surface area contributed by atoms with Crippen molar-refractivity contribution in [1.82, 2.24) is 0 Å². The summed E-state index contributed by atoms with van der Waals surface area (Å²) in [4.78, 5) is 22.8. The normalized spacial score (nSPS) is 9.95. The van der Waals surface area contributed by atoms with E-state index in [0.717, 1.165) is 0 Å². The first-order chi connectivity index (χ1) is 9.11. The van der Waals surface area contributed by atoms with Crippen LogP contribution in [-0.2, 0) is 0 Å². The number of amides is 1. The monoisotopic (exact) mass is 277 g/mol. The third kappa shape index (κ3) is 2.92. The summed E-state index contributed by atoms with van der Waals surface area (Å²) in [5.41, 5.74) is 1.10. The molecule has 19 heavy (non-hydrogen) atoms. The van der Waals surface area contributed by atoms with Crippen molar-refractivity contribution >= 4 is 28.9 Å². The SMILES string of the molecule is COc1cc(NC(=O)c2ccsc2)ccc1C(=O)O. The second-order valence-corrected chi connectivity index (χ2v) is 4.47. The molecule has 0 aliphatic rings. The first-order valence-corrected chi connectivity index (χ1v) is 6.31. The molecule has 0 aliphatic carbocycles. The zero-order chi connectivity index (χ0) is 13.8. The van der Waals surface area contributed by atoms with E-state index in [1.165, 1.54) is 36.6 Å². The summed E-state index contributed by atoms with van der Waals surface area (Å²) < 4.78 is 4.99. The number of hydrogen-bond acceptors (Lipinski definition) is 4. The molecule has 0 radical (unpaired) electrons. The van der Waals surface area contributed by atoms with Gasteiger partial charge in [-0.2, -0.15) is 11.3 Å². The molecule has 0 saturated heterocycles. The van der Waals surface area contributed by atoms with Crippen molar-refractivity contribution in [2.24, 2.45) is 0 Å². The molecule has 1 aromatic heterocycles. The molecule has 0 unspecified atom stereocenters. The number of carboxylic acid groups (broad SMARTS) is 1. The molecule has 2 aromatic rings. The highest BCUT2D eigenvalue weighted by atomic mass is 32.1. The molecule has 2 rings (SSSR count). The number of methoxy groups -OCH3 is 1. The highest BCUT2D eigenvalue weighted by Gasteiger charge is 2.13. The average molecular weight is 277 g/mol. The van der Waals surface area contributed by atoms with E-state index in [4.69, 9.17) is 9.84 Å². The van der Waals surface area contributed by atoms with Crippen molar-refractivity contribution in [2.45, 2.75) is 0 Å². The van der Waals surface area contributed by atoms with Crippen LogP contribution in [0.15, 0.2) is 35.0 Å². The fourth-order valence-corrected chi connectivity index (χ4v) is 2.18. The van der Waals surface area contributed by atoms with Crippen LogP contribution in [0.5, 0.6) is 5.75 Å². The molecule has 1 heterocycles. The number of carbonyl (C=O) groups is 2. The maximum absolute atomic E-state index is 11.8. The average Bonchev–Trinajstić information content (AvgIpc) is 2.92. The predicted octanol–water partition coefficient (Wildman–Crippen LogP) is 2.71. The highest BCUT2D eigenvalue weighted by molar-refractivity contribution is 7.08. The number of anilines is 1. The quantitative estimate of drug-likeness (QED) is 0.901. The van der Waals surface area contributed by atoms with E-state index >= 15 is 0 Å². The summed E-state index contributed by atoms with van der Waals surface area (Å²) in [5, 5.41) is 15.2. The van der Waals surface area contributed by atoms with E-state index in [1.807, 2.05) is 5.38 Å². The van der Waals surface area contributed by atoms with Crippen LogP contribution in [0.25, 0.3) is 0 Å². The van der Waals surface area contributed by atoms with Crippen molar-refractivity contribution in [1.29, 1.82) is 0 Å². The molecule has 1 aromatic carbocycles. The summed E-state index contributed by atoms with van der Waals surface area (Å²) in [7, 11) is 1.38. The fourth-order valence-electron chi connectivity index (χ4n) is 1.54. The minimum absolute atomic E-state index is 0.0519. The van der Waals surface area contributed by atoms with Gasteiger partial charge in [0.2, 0.25) is 0 Å². The lowest BCUT2D eigenvalue weighted by Gasteiger charge is -2.08. The van der Waals surface area contributed by atoms with Crippen molar-refractivity contribution in [3.63, 3.8) is 0 Å². The second kappa shape index (κ2) is 5.53. The van der Waals surface area contributed by atoms with Gasteiger partial charge in [-0.15, -0.1) is 0 Å². The molecule has 98 valence electrons. The number of aromatic carboxylic acids is 1. The maximum atomic E-state index is 11.8. The van der Waals surface area contributed by atoms with Crippen LogP contribution in [-0.4, -0.2) is 24.1 Å². The maximum Gasteiger partial charge on any atom is 0.339 e. The Morgan fingerprint density at radius 3 is 2.68 bits per heavy atom. The van der Waals surface area contributed by atoms with Crippen LogP contribution < -0.4 is 10.1 Å². The summed E-state index contributed by atoms with van der Waals surface area (Å²) >= 11 is 1.43. The lowest BCUT2D eigenvalue weighted by Crippen LogP contribution is -2.11. The van der Waals surface area contributed by atoms with Crippen molar-refractivity contribution in [3.05, 3.63) is 46.2 Å². The lowest BCUT2D eigenvalue weighted by atomic mass is 10.1. The van der Waals surface area contributed by atoms with Gasteiger partial charge < -0.3 is 15.2 Å². The minimum atomic E-state index is -1.08. The van der Waals surface area contributed by atoms with Gasteiger partial charge in [-0.3, -0.25) is 4.79 Å². The van der Waals surface area contributed by atoms with Crippen molar-refractivity contribution in [3.8, 4) is 5.75 Å². The molecule has 0 saturated carbocycles. The Kier molecular flexibility index (Phi) is 3.82. The molecule has 0 bridgehead atoms. The summed E-state index contributed by atoms with van der Waals surface area (Å²) in [6, 6.07) is 6.11. The Bertz CT molecular complexity index is 607. The van der Waals surface area contributed by atoms with Crippen LogP contribution in [0.4, 0.5) is 5.69 Å². The van der Waals surface area contributed by atoms with Crippen molar-refractivity contribution in [2.75, 3.05) is 12.4 Å². The Labute approximate surface area is 113 Å². The number of benzene rings is 1. The van der Waals surface area contributed by atoms with E-state index in [2.05, 4.69) is 5.32 Å². The van der Waals surface area contributed by atoms with Crippen LogP contribution >= 0.6 is 11.3 Å². The van der Waals surface area contributed by atoms with Gasteiger partial charge in [0.1, 0.15) is 11.3 Å². The smallest absolute Gasteiger partial charge is 0.339 e. The lowest BCUT2D eigenvalue weighted by molar-refractivity contribution is 0.0693. The van der Waals surface area contributed by atoms with Crippen LogP contribution in [0.3, 0.4) is 0 Å². The van der Waals surface area contributed by atoms with Gasteiger partial charge in [0.05, 0.1) is 12.7 Å². The first kappa shape index (κ1) is 13.1. The third-order valence-electron chi connectivity index (χ3n) is 2.47. The Morgan fingerprint density at radius 2 is 2.11 bits per heavy atom. The molecular weight excluding hydrogens is 266 g/mol. The van der Waals surface area contributed by atoms with E-state index in [1.54, 1.807) is 11.4 Å². The topological polar surface area (TPSA) is 75.6 Å². The first-order valence-electron chi connectivity index (χ1n) is 5.36. The van der Waals surface area contributed by atoms with Gasteiger partial charge in [0.15, 0.2) is 0 Å². The summed E-state index contributed by atoms with van der Waals surface area (Å²) in [6.07, 6.45) is 0. The largest absolute Gasteiger partial charge is 0.496 e. The van der Waals surface area contributed by atoms with Gasteiger partial charge in [-0.05, 0) is 23.6 Å². The predicted molar refractivity (Wildman–Crippen MR) is 72.2 cm³/mol. The number of ether oxygens (including phenoxy) is 1. The van der Waals surface area contributed by atoms with Gasteiger partial charge in [0, 0.05) is 17.1 Å². The minimum Gasteiger partial charge on any atom is -0.496 e. The summed E-state index contributed by atoms with van der Waals surface area (Å²) in [5.74, 6) is -1.12. The Balaban J connectivity index is 2.22. The number of hydrogen-bond donors (Lipinski definition) is 2. The molecule has 6 heteroatoms. The van der Waals surface area contributed by atoms with Gasteiger partial charge >= 0.3 is 5.97 Å². The van der Waals surface area contributed by atoms with Gasteiger partial charge in [-0.1, -0.05) is 0 Å². The molecule has 1 amide bonds. The molecule has 0 fully saturated rings. The molecule has 0 atom stereocenters. The van der Waals surface area contributed by atoms with Gasteiger partial charge in [-0.25, -0.2) is 4.79 Å². The van der Waals surface area contributed by atoms with Crippen LogP contribution in [0, 0.1) is 0 Å². The number of nitrogens with one attached hydrogen (secondary N) is 1. The van der Waals surface area contributed by atoms with E-state index in [9.17, 15) is 9.59 Å². The number of rotatable bonds is 4.